The van der Waals surface area contributed by atoms with Crippen molar-refractivity contribution in [1.82, 2.24) is 4.98 Å². The molecular weight excluding hydrogens is 298 g/mol. The minimum absolute atomic E-state index is 0.103. The minimum Gasteiger partial charge on any atom is -0.382 e. The van der Waals surface area contributed by atoms with Crippen LogP contribution in [0, 0.1) is 5.82 Å². The lowest BCUT2D eigenvalue weighted by Gasteiger charge is -2.14. The molecule has 0 aliphatic rings. The molecule has 0 aliphatic carbocycles. The molecule has 2 rings (SSSR count). The summed E-state index contributed by atoms with van der Waals surface area (Å²) >= 11 is 5.63. The van der Waals surface area contributed by atoms with E-state index in [9.17, 15) is 22.7 Å². The van der Waals surface area contributed by atoms with Gasteiger partial charge >= 0.3 is 6.18 Å². The number of hydrogen-bond acceptors (Lipinski definition) is 2. The number of aliphatic hydroxyl groups excluding tert-OH is 1. The number of halogens is 5. The molecule has 0 saturated heterocycles. The molecule has 1 unspecified atom stereocenters. The van der Waals surface area contributed by atoms with E-state index < -0.39 is 23.7 Å². The van der Waals surface area contributed by atoms with E-state index in [2.05, 4.69) is 4.98 Å². The van der Waals surface area contributed by atoms with Crippen LogP contribution >= 0.6 is 11.6 Å². The van der Waals surface area contributed by atoms with Gasteiger partial charge in [-0.3, -0.25) is 4.98 Å². The van der Waals surface area contributed by atoms with Gasteiger partial charge in [0.1, 0.15) is 11.9 Å². The van der Waals surface area contributed by atoms with Gasteiger partial charge < -0.3 is 5.11 Å². The van der Waals surface area contributed by atoms with E-state index in [1.165, 1.54) is 18.3 Å². The Morgan fingerprint density at radius 2 is 1.85 bits per heavy atom. The van der Waals surface area contributed by atoms with Crippen LogP contribution in [0.5, 0.6) is 0 Å². The summed E-state index contributed by atoms with van der Waals surface area (Å²) in [4.78, 5) is 3.81. The highest BCUT2D eigenvalue weighted by atomic mass is 35.5. The highest BCUT2D eigenvalue weighted by Gasteiger charge is 2.34. The van der Waals surface area contributed by atoms with Gasteiger partial charge in [-0.05, 0) is 29.8 Å². The number of hydrogen-bond donors (Lipinski definition) is 1. The van der Waals surface area contributed by atoms with E-state index >= 15 is 0 Å². The van der Waals surface area contributed by atoms with Crippen molar-refractivity contribution in [2.45, 2.75) is 12.3 Å². The van der Waals surface area contributed by atoms with Gasteiger partial charge in [-0.25, -0.2) is 4.39 Å². The molecule has 0 amide bonds. The molecule has 2 nitrogen and oxygen atoms in total. The van der Waals surface area contributed by atoms with E-state index in [1.807, 2.05) is 0 Å². The zero-order chi connectivity index (χ0) is 14.9. The lowest BCUT2D eigenvalue weighted by Crippen LogP contribution is -2.10. The van der Waals surface area contributed by atoms with Crippen LogP contribution < -0.4 is 0 Å². The highest BCUT2D eigenvalue weighted by Crippen LogP contribution is 2.33. The van der Waals surface area contributed by atoms with E-state index in [0.717, 1.165) is 6.07 Å². The second kappa shape index (κ2) is 5.38. The van der Waals surface area contributed by atoms with Gasteiger partial charge in [-0.2, -0.15) is 13.2 Å². The van der Waals surface area contributed by atoms with Gasteiger partial charge in [0.15, 0.2) is 0 Å². The zero-order valence-corrected chi connectivity index (χ0v) is 10.6. The van der Waals surface area contributed by atoms with Crippen LogP contribution in [0.3, 0.4) is 0 Å². The molecule has 0 bridgehead atoms. The standard InChI is InChI=1S/C13H8ClF4NO/c14-8-2-4-11(19-6-8)12(20)7-1-3-10(15)9(5-7)13(16,17)18/h1-6,12,20H. The number of nitrogens with zero attached hydrogens (tertiary/aromatic N) is 1. The van der Waals surface area contributed by atoms with Crippen LogP contribution in [0.25, 0.3) is 0 Å². The number of pyridine rings is 1. The quantitative estimate of drug-likeness (QED) is 0.852. The third kappa shape index (κ3) is 3.08. The lowest BCUT2D eigenvalue weighted by molar-refractivity contribution is -0.140. The molecule has 0 spiro atoms. The summed E-state index contributed by atoms with van der Waals surface area (Å²) in [7, 11) is 0. The first-order valence-electron chi connectivity index (χ1n) is 5.45. The second-order valence-corrected chi connectivity index (χ2v) is 4.48. The monoisotopic (exact) mass is 305 g/mol. The van der Waals surface area contributed by atoms with Crippen molar-refractivity contribution >= 4 is 11.6 Å². The number of aromatic nitrogens is 1. The first-order chi connectivity index (χ1) is 9.29. The third-order valence-corrected chi connectivity index (χ3v) is 2.87. The molecule has 2 aromatic rings. The maximum atomic E-state index is 13.1. The van der Waals surface area contributed by atoms with Gasteiger partial charge in [0.05, 0.1) is 16.3 Å². The Balaban J connectivity index is 2.40. The van der Waals surface area contributed by atoms with E-state index in [1.54, 1.807) is 0 Å². The summed E-state index contributed by atoms with van der Waals surface area (Å²) < 4.78 is 50.9. The third-order valence-electron chi connectivity index (χ3n) is 2.64. The molecule has 1 aromatic carbocycles. The predicted octanol–water partition coefficient (Wildman–Crippen LogP) is 3.97. The van der Waals surface area contributed by atoms with Crippen LogP contribution in [0.2, 0.25) is 5.02 Å². The Morgan fingerprint density at radius 1 is 1.15 bits per heavy atom. The largest absolute Gasteiger partial charge is 0.419 e. The summed E-state index contributed by atoms with van der Waals surface area (Å²) in [6.07, 6.45) is -4.96. The fourth-order valence-electron chi connectivity index (χ4n) is 1.65. The normalized spacial score (nSPS) is 13.3. The van der Waals surface area contributed by atoms with Crippen molar-refractivity contribution < 1.29 is 22.7 Å². The topological polar surface area (TPSA) is 33.1 Å². The molecule has 0 radical (unpaired) electrons. The summed E-state index contributed by atoms with van der Waals surface area (Å²) in [5.74, 6) is -1.39. The van der Waals surface area contributed by atoms with Gasteiger partial charge in [-0.1, -0.05) is 17.7 Å². The highest BCUT2D eigenvalue weighted by molar-refractivity contribution is 6.30. The van der Waals surface area contributed by atoms with Crippen molar-refractivity contribution in [2.24, 2.45) is 0 Å². The maximum absolute atomic E-state index is 13.1. The summed E-state index contributed by atoms with van der Waals surface area (Å²) in [5, 5.41) is 10.3. The van der Waals surface area contributed by atoms with Gasteiger partial charge in [0, 0.05) is 6.20 Å². The molecule has 1 heterocycles. The van der Waals surface area contributed by atoms with Crippen molar-refractivity contribution in [3.63, 3.8) is 0 Å². The summed E-state index contributed by atoms with van der Waals surface area (Å²) in [6.45, 7) is 0. The van der Waals surface area contributed by atoms with Crippen LogP contribution in [-0.4, -0.2) is 10.1 Å². The van der Waals surface area contributed by atoms with Crippen LogP contribution in [0.4, 0.5) is 17.6 Å². The molecule has 20 heavy (non-hydrogen) atoms. The number of alkyl halides is 3. The number of benzene rings is 1. The van der Waals surface area contributed by atoms with E-state index in [4.69, 9.17) is 11.6 Å². The van der Waals surface area contributed by atoms with Crippen LogP contribution in [0.15, 0.2) is 36.5 Å². The van der Waals surface area contributed by atoms with Gasteiger partial charge in [0.2, 0.25) is 0 Å². The Kier molecular flexibility index (Phi) is 3.96. The Hall–Kier alpha value is -1.66. The first kappa shape index (κ1) is 14.7. The second-order valence-electron chi connectivity index (χ2n) is 4.04. The zero-order valence-electron chi connectivity index (χ0n) is 9.83. The van der Waals surface area contributed by atoms with Crippen molar-refractivity contribution in [2.75, 3.05) is 0 Å². The predicted molar refractivity (Wildman–Crippen MR) is 64.7 cm³/mol. The Labute approximate surface area is 116 Å². The molecule has 0 fully saturated rings. The van der Waals surface area contributed by atoms with Crippen molar-refractivity contribution in [3.8, 4) is 0 Å². The molecule has 7 heteroatoms. The average Bonchev–Trinajstić information content (AvgIpc) is 2.38. The van der Waals surface area contributed by atoms with Crippen molar-refractivity contribution in [1.29, 1.82) is 0 Å². The smallest absolute Gasteiger partial charge is 0.382 e. The molecule has 0 aliphatic heterocycles. The summed E-state index contributed by atoms with van der Waals surface area (Å²) in [5.41, 5.74) is -1.41. The van der Waals surface area contributed by atoms with Gasteiger partial charge in [-0.15, -0.1) is 0 Å². The fourth-order valence-corrected chi connectivity index (χ4v) is 1.76. The van der Waals surface area contributed by atoms with E-state index in [-0.39, 0.29) is 11.3 Å². The molecule has 1 N–H and O–H groups in total. The fraction of sp³-hybridized carbons (Fsp3) is 0.154. The molecule has 0 saturated carbocycles. The Bertz CT molecular complexity index is 613. The average molecular weight is 306 g/mol. The molecule has 106 valence electrons. The van der Waals surface area contributed by atoms with Gasteiger partial charge in [0.25, 0.3) is 0 Å². The number of aliphatic hydroxyl groups is 1. The minimum atomic E-state index is -4.83. The SMILES string of the molecule is OC(c1ccc(F)c(C(F)(F)F)c1)c1ccc(Cl)cn1. The van der Waals surface area contributed by atoms with Crippen molar-refractivity contribution in [3.05, 3.63) is 64.2 Å². The lowest BCUT2D eigenvalue weighted by atomic mass is 10.0. The number of rotatable bonds is 2. The molecule has 1 atom stereocenters. The maximum Gasteiger partial charge on any atom is 0.419 e. The summed E-state index contributed by atoms with van der Waals surface area (Å²) in [6, 6.07) is 5.13. The molecular formula is C13H8ClF4NO. The van der Waals surface area contributed by atoms with Crippen LogP contribution in [-0.2, 0) is 6.18 Å². The molecule has 1 aromatic heterocycles. The Morgan fingerprint density at radius 3 is 2.40 bits per heavy atom. The van der Waals surface area contributed by atoms with E-state index in [0.29, 0.717) is 17.2 Å². The first-order valence-corrected chi connectivity index (χ1v) is 5.83. The van der Waals surface area contributed by atoms with Crippen LogP contribution in [0.1, 0.15) is 22.9 Å².